The van der Waals surface area contributed by atoms with Crippen LogP contribution >= 0.6 is 0 Å². The Morgan fingerprint density at radius 2 is 2.17 bits per heavy atom. The predicted molar refractivity (Wildman–Crippen MR) is 70.8 cm³/mol. The second kappa shape index (κ2) is 5.81. The highest BCUT2D eigenvalue weighted by Crippen LogP contribution is 2.36. The smallest absolute Gasteiger partial charge is 0.126 e. The van der Waals surface area contributed by atoms with Crippen molar-refractivity contribution in [3.8, 4) is 0 Å². The van der Waals surface area contributed by atoms with Crippen molar-refractivity contribution >= 4 is 0 Å². The monoisotopic (exact) mass is 251 g/mol. The van der Waals surface area contributed by atoms with E-state index in [-0.39, 0.29) is 11.9 Å². The van der Waals surface area contributed by atoms with Crippen LogP contribution in [0.2, 0.25) is 0 Å². The van der Waals surface area contributed by atoms with Gasteiger partial charge in [-0.2, -0.15) is 0 Å². The number of hydrogen-bond acceptors (Lipinski definition) is 2. The van der Waals surface area contributed by atoms with Crippen LogP contribution in [-0.2, 0) is 4.74 Å². The van der Waals surface area contributed by atoms with Crippen molar-refractivity contribution in [2.24, 2.45) is 11.7 Å². The van der Waals surface area contributed by atoms with E-state index in [9.17, 15) is 4.39 Å². The highest BCUT2D eigenvalue weighted by molar-refractivity contribution is 5.26. The summed E-state index contributed by atoms with van der Waals surface area (Å²) >= 11 is 0. The van der Waals surface area contributed by atoms with Gasteiger partial charge in [0, 0.05) is 12.6 Å². The van der Waals surface area contributed by atoms with Crippen LogP contribution in [0.1, 0.15) is 43.4 Å². The summed E-state index contributed by atoms with van der Waals surface area (Å²) in [7, 11) is 0. The van der Waals surface area contributed by atoms with Gasteiger partial charge in [-0.25, -0.2) is 4.39 Å². The molecule has 2 N–H and O–H groups in total. The largest absolute Gasteiger partial charge is 0.378 e. The molecule has 0 bridgehead atoms. The zero-order valence-electron chi connectivity index (χ0n) is 11.2. The molecule has 0 aliphatic heterocycles. The van der Waals surface area contributed by atoms with Crippen molar-refractivity contribution in [1.82, 2.24) is 0 Å². The molecule has 1 fully saturated rings. The molecule has 0 saturated heterocycles. The van der Waals surface area contributed by atoms with Crippen LogP contribution in [0.3, 0.4) is 0 Å². The molecule has 100 valence electrons. The van der Waals surface area contributed by atoms with Gasteiger partial charge in [0.05, 0.1) is 6.10 Å². The lowest BCUT2D eigenvalue weighted by Gasteiger charge is -2.36. The number of hydrogen-bond donors (Lipinski definition) is 1. The van der Waals surface area contributed by atoms with Crippen LogP contribution in [0.15, 0.2) is 18.2 Å². The Morgan fingerprint density at radius 3 is 2.78 bits per heavy atom. The van der Waals surface area contributed by atoms with Gasteiger partial charge in [0.2, 0.25) is 0 Å². The quantitative estimate of drug-likeness (QED) is 0.871. The van der Waals surface area contributed by atoms with E-state index in [0.717, 1.165) is 31.4 Å². The average molecular weight is 251 g/mol. The molecule has 1 aromatic carbocycles. The Bertz CT molecular complexity index is 401. The molecule has 1 aliphatic rings. The van der Waals surface area contributed by atoms with Gasteiger partial charge >= 0.3 is 0 Å². The van der Waals surface area contributed by atoms with Gasteiger partial charge < -0.3 is 10.5 Å². The molecule has 2 rings (SSSR count). The molecule has 2 nitrogen and oxygen atoms in total. The first-order chi connectivity index (χ1) is 8.60. The summed E-state index contributed by atoms with van der Waals surface area (Å²) < 4.78 is 18.7. The molecule has 0 spiro atoms. The minimum Gasteiger partial charge on any atom is -0.378 e. The molecule has 1 aromatic rings. The third-order valence-corrected chi connectivity index (χ3v) is 3.79. The number of rotatable bonds is 5. The standard InChI is InChI=1S/C15H22FNO/c1-3-18-13-7-11(8-13)9-15(17)12-4-5-14(16)10(2)6-12/h4-6,11,13,15H,3,7-9,17H2,1-2H3. The van der Waals surface area contributed by atoms with E-state index in [1.165, 1.54) is 6.07 Å². The average Bonchev–Trinajstić information content (AvgIpc) is 2.30. The van der Waals surface area contributed by atoms with E-state index in [4.69, 9.17) is 10.5 Å². The molecule has 1 unspecified atom stereocenters. The summed E-state index contributed by atoms with van der Waals surface area (Å²) in [5.41, 5.74) is 7.89. The Kier molecular flexibility index (Phi) is 4.36. The summed E-state index contributed by atoms with van der Waals surface area (Å²) in [6.45, 7) is 4.60. The third-order valence-electron chi connectivity index (χ3n) is 3.79. The van der Waals surface area contributed by atoms with Gasteiger partial charge in [-0.3, -0.25) is 0 Å². The zero-order valence-corrected chi connectivity index (χ0v) is 11.2. The number of ether oxygens (including phenoxy) is 1. The molecule has 0 heterocycles. The first-order valence-electron chi connectivity index (χ1n) is 6.73. The van der Waals surface area contributed by atoms with E-state index < -0.39 is 0 Å². The topological polar surface area (TPSA) is 35.2 Å². The molecule has 1 aliphatic carbocycles. The van der Waals surface area contributed by atoms with E-state index in [1.807, 2.05) is 13.0 Å². The molecule has 1 saturated carbocycles. The Balaban J connectivity index is 1.85. The fraction of sp³-hybridized carbons (Fsp3) is 0.600. The van der Waals surface area contributed by atoms with Crippen molar-refractivity contribution in [3.63, 3.8) is 0 Å². The van der Waals surface area contributed by atoms with Crippen LogP contribution in [0.5, 0.6) is 0 Å². The third kappa shape index (κ3) is 3.09. The SMILES string of the molecule is CCOC1CC(CC(N)c2ccc(F)c(C)c2)C1. The lowest BCUT2D eigenvalue weighted by atomic mass is 9.77. The van der Waals surface area contributed by atoms with Gasteiger partial charge in [0.25, 0.3) is 0 Å². The number of nitrogens with two attached hydrogens (primary N) is 1. The molecule has 0 amide bonds. The molecular weight excluding hydrogens is 229 g/mol. The molecule has 18 heavy (non-hydrogen) atoms. The van der Waals surface area contributed by atoms with Gasteiger partial charge in [-0.05, 0) is 56.2 Å². The van der Waals surface area contributed by atoms with Crippen molar-refractivity contribution in [3.05, 3.63) is 35.1 Å². The van der Waals surface area contributed by atoms with E-state index in [1.54, 1.807) is 13.0 Å². The summed E-state index contributed by atoms with van der Waals surface area (Å²) in [5, 5.41) is 0. The molecule has 3 heteroatoms. The summed E-state index contributed by atoms with van der Waals surface area (Å²) in [6, 6.07) is 5.18. The second-order valence-electron chi connectivity index (χ2n) is 5.27. The molecular formula is C15H22FNO. The maximum atomic E-state index is 13.2. The van der Waals surface area contributed by atoms with Crippen molar-refractivity contribution in [2.75, 3.05) is 6.61 Å². The maximum Gasteiger partial charge on any atom is 0.126 e. The minimum absolute atomic E-state index is 0.0110. The Hall–Kier alpha value is -0.930. The van der Waals surface area contributed by atoms with Gasteiger partial charge in [0.15, 0.2) is 0 Å². The summed E-state index contributed by atoms with van der Waals surface area (Å²) in [4.78, 5) is 0. The van der Waals surface area contributed by atoms with Crippen LogP contribution in [0, 0.1) is 18.7 Å². The highest BCUT2D eigenvalue weighted by atomic mass is 19.1. The van der Waals surface area contributed by atoms with Gasteiger partial charge in [-0.1, -0.05) is 12.1 Å². The summed E-state index contributed by atoms with van der Waals surface area (Å²) in [5.74, 6) is 0.493. The first-order valence-corrected chi connectivity index (χ1v) is 6.73. The fourth-order valence-electron chi connectivity index (χ4n) is 2.63. The highest BCUT2D eigenvalue weighted by Gasteiger charge is 2.30. The van der Waals surface area contributed by atoms with Crippen LogP contribution in [0.4, 0.5) is 4.39 Å². The predicted octanol–water partition coefficient (Wildman–Crippen LogP) is 3.34. The van der Waals surface area contributed by atoms with Gasteiger partial charge in [0.1, 0.15) is 5.82 Å². The van der Waals surface area contributed by atoms with E-state index in [0.29, 0.717) is 17.6 Å². The van der Waals surface area contributed by atoms with Crippen LogP contribution < -0.4 is 5.73 Å². The lowest BCUT2D eigenvalue weighted by Crippen LogP contribution is -2.33. The van der Waals surface area contributed by atoms with E-state index >= 15 is 0 Å². The first kappa shape index (κ1) is 13.5. The van der Waals surface area contributed by atoms with Crippen LogP contribution in [-0.4, -0.2) is 12.7 Å². The lowest BCUT2D eigenvalue weighted by molar-refractivity contribution is -0.0282. The molecule has 0 radical (unpaired) electrons. The zero-order chi connectivity index (χ0) is 13.1. The van der Waals surface area contributed by atoms with Crippen molar-refractivity contribution < 1.29 is 9.13 Å². The van der Waals surface area contributed by atoms with Crippen molar-refractivity contribution in [1.29, 1.82) is 0 Å². The van der Waals surface area contributed by atoms with E-state index in [2.05, 4.69) is 0 Å². The minimum atomic E-state index is -0.161. The van der Waals surface area contributed by atoms with Crippen molar-refractivity contribution in [2.45, 2.75) is 45.3 Å². The number of aryl methyl sites for hydroxylation is 1. The number of halogens is 1. The maximum absolute atomic E-state index is 13.2. The molecule has 0 aromatic heterocycles. The Labute approximate surface area is 108 Å². The second-order valence-corrected chi connectivity index (χ2v) is 5.27. The van der Waals surface area contributed by atoms with Crippen LogP contribution in [0.25, 0.3) is 0 Å². The van der Waals surface area contributed by atoms with Gasteiger partial charge in [-0.15, -0.1) is 0 Å². The summed E-state index contributed by atoms with van der Waals surface area (Å²) in [6.07, 6.45) is 3.63. The fourth-order valence-corrected chi connectivity index (χ4v) is 2.63. The molecule has 1 atom stereocenters. The number of benzene rings is 1. The Morgan fingerprint density at radius 1 is 1.44 bits per heavy atom. The normalized spacial score (nSPS) is 24.7.